The molecule has 160 valence electrons. The Bertz CT molecular complexity index is 955. The average molecular weight is 522 g/mol. The lowest BCUT2D eigenvalue weighted by molar-refractivity contribution is -0.00805. The second-order valence-electron chi connectivity index (χ2n) is 6.97. The molecule has 1 saturated heterocycles. The third kappa shape index (κ3) is 5.39. The fourth-order valence-corrected chi connectivity index (χ4v) is 3.36. The monoisotopic (exact) mass is 522 g/mol. The van der Waals surface area contributed by atoms with Crippen LogP contribution in [0.5, 0.6) is 0 Å². The molecule has 0 aliphatic carbocycles. The molecule has 0 amide bonds. The Morgan fingerprint density at radius 3 is 2.87 bits per heavy atom. The lowest BCUT2D eigenvalue weighted by atomic mass is 10.1. The molecule has 1 N–H and O–H groups in total. The molecule has 4 rings (SSSR count). The van der Waals surface area contributed by atoms with E-state index in [0.717, 1.165) is 48.2 Å². The molecule has 0 bridgehead atoms. The molecule has 1 aliphatic rings. The lowest BCUT2D eigenvalue weighted by Gasteiger charge is -2.34. The number of hydrogen-bond acceptors (Lipinski definition) is 5. The Morgan fingerprint density at radius 1 is 1.30 bits per heavy atom. The van der Waals surface area contributed by atoms with Gasteiger partial charge in [0.2, 0.25) is 0 Å². The predicted octanol–water partition coefficient (Wildman–Crippen LogP) is 3.23. The van der Waals surface area contributed by atoms with Crippen molar-refractivity contribution in [2.24, 2.45) is 12.0 Å². The number of nitrogens with one attached hydrogen (secondary N) is 1. The number of aliphatic imine (C=N–C) groups is 1. The van der Waals surface area contributed by atoms with Crippen LogP contribution in [0.4, 0.5) is 0 Å². The topological polar surface area (TPSA) is 80.7 Å². The van der Waals surface area contributed by atoms with Gasteiger partial charge in [0.05, 0.1) is 25.9 Å². The van der Waals surface area contributed by atoms with E-state index < -0.39 is 0 Å². The highest BCUT2D eigenvalue weighted by molar-refractivity contribution is 14.0. The van der Waals surface area contributed by atoms with Gasteiger partial charge in [0.25, 0.3) is 0 Å². The van der Waals surface area contributed by atoms with E-state index in [1.165, 1.54) is 0 Å². The molecule has 1 aliphatic heterocycles. The SMILES string of the molecule is CCNC(=NCc1cc(-c2ccccc2)on1)N1CCOC(c2cnn(C)c2)C1.I. The molecule has 1 unspecified atom stereocenters. The number of ether oxygens (including phenoxy) is 1. The number of aromatic nitrogens is 3. The van der Waals surface area contributed by atoms with Crippen molar-refractivity contribution in [2.75, 3.05) is 26.2 Å². The fourth-order valence-electron chi connectivity index (χ4n) is 3.36. The van der Waals surface area contributed by atoms with Crippen LogP contribution >= 0.6 is 24.0 Å². The molecule has 30 heavy (non-hydrogen) atoms. The van der Waals surface area contributed by atoms with Gasteiger partial charge in [0, 0.05) is 43.5 Å². The summed E-state index contributed by atoms with van der Waals surface area (Å²) in [5, 5.41) is 11.8. The van der Waals surface area contributed by atoms with Crippen molar-refractivity contribution in [3.8, 4) is 11.3 Å². The van der Waals surface area contributed by atoms with Crippen molar-refractivity contribution in [3.63, 3.8) is 0 Å². The highest BCUT2D eigenvalue weighted by atomic mass is 127. The molecular formula is C21H27IN6O2. The standard InChI is InChI=1S/C21H26N6O2.HI/c1-3-22-21(27-9-10-28-20(15-27)17-12-24-26(2)14-17)23-13-18-11-19(29-25-18)16-7-5-4-6-8-16;/h4-8,11-12,14,20H,3,9-10,13,15H2,1-2H3,(H,22,23);1H. The summed E-state index contributed by atoms with van der Waals surface area (Å²) >= 11 is 0. The van der Waals surface area contributed by atoms with Crippen LogP contribution in [0.15, 0.2) is 58.3 Å². The summed E-state index contributed by atoms with van der Waals surface area (Å²) < 4.78 is 13.2. The van der Waals surface area contributed by atoms with Gasteiger partial charge in [-0.2, -0.15) is 5.10 Å². The van der Waals surface area contributed by atoms with E-state index in [1.807, 2.05) is 55.8 Å². The molecule has 0 spiro atoms. The highest BCUT2D eigenvalue weighted by Crippen LogP contribution is 2.22. The molecule has 1 fully saturated rings. The van der Waals surface area contributed by atoms with Crippen LogP contribution < -0.4 is 5.32 Å². The summed E-state index contributed by atoms with van der Waals surface area (Å²) in [6, 6.07) is 11.9. The number of aryl methyl sites for hydroxylation is 1. The number of nitrogens with zero attached hydrogens (tertiary/aromatic N) is 5. The third-order valence-electron chi connectivity index (χ3n) is 4.81. The van der Waals surface area contributed by atoms with Crippen LogP contribution in [0.3, 0.4) is 0 Å². The van der Waals surface area contributed by atoms with Crippen LogP contribution in [0.2, 0.25) is 0 Å². The summed E-state index contributed by atoms with van der Waals surface area (Å²) in [4.78, 5) is 7.01. The van der Waals surface area contributed by atoms with E-state index in [0.29, 0.717) is 13.2 Å². The Labute approximate surface area is 193 Å². The van der Waals surface area contributed by atoms with Gasteiger partial charge in [0.1, 0.15) is 11.8 Å². The molecule has 0 saturated carbocycles. The molecule has 2 aromatic heterocycles. The van der Waals surface area contributed by atoms with E-state index in [9.17, 15) is 0 Å². The van der Waals surface area contributed by atoms with Crippen molar-refractivity contribution in [1.82, 2.24) is 25.2 Å². The number of rotatable bonds is 5. The van der Waals surface area contributed by atoms with E-state index in [-0.39, 0.29) is 30.1 Å². The van der Waals surface area contributed by atoms with Gasteiger partial charge in [0.15, 0.2) is 11.7 Å². The molecule has 3 aromatic rings. The zero-order valence-electron chi connectivity index (χ0n) is 17.2. The summed E-state index contributed by atoms with van der Waals surface area (Å²) in [6.07, 6.45) is 3.84. The smallest absolute Gasteiger partial charge is 0.194 e. The van der Waals surface area contributed by atoms with Crippen molar-refractivity contribution < 1.29 is 9.26 Å². The summed E-state index contributed by atoms with van der Waals surface area (Å²) in [6.45, 7) is 5.47. The van der Waals surface area contributed by atoms with Crippen LogP contribution in [0, 0.1) is 0 Å². The van der Waals surface area contributed by atoms with Crippen LogP contribution in [0.25, 0.3) is 11.3 Å². The molecular weight excluding hydrogens is 495 g/mol. The largest absolute Gasteiger partial charge is 0.370 e. The molecule has 9 heteroatoms. The average Bonchev–Trinajstić information content (AvgIpc) is 3.41. The maximum absolute atomic E-state index is 5.95. The minimum atomic E-state index is -0.0157. The van der Waals surface area contributed by atoms with Gasteiger partial charge in [-0.15, -0.1) is 24.0 Å². The number of hydrogen-bond donors (Lipinski definition) is 1. The maximum Gasteiger partial charge on any atom is 0.194 e. The number of benzene rings is 1. The normalized spacial score (nSPS) is 16.9. The second-order valence-corrected chi connectivity index (χ2v) is 6.97. The molecule has 8 nitrogen and oxygen atoms in total. The van der Waals surface area contributed by atoms with E-state index in [2.05, 4.69) is 27.4 Å². The van der Waals surface area contributed by atoms with Gasteiger partial charge in [-0.3, -0.25) is 4.68 Å². The number of guanidine groups is 1. The Kier molecular flexibility index (Phi) is 7.86. The minimum Gasteiger partial charge on any atom is -0.370 e. The van der Waals surface area contributed by atoms with Crippen molar-refractivity contribution in [2.45, 2.75) is 19.6 Å². The van der Waals surface area contributed by atoms with Crippen LogP contribution in [-0.4, -0.2) is 52.0 Å². The Hall–Kier alpha value is -2.40. The highest BCUT2D eigenvalue weighted by Gasteiger charge is 2.25. The zero-order valence-corrected chi connectivity index (χ0v) is 19.5. The number of morpholine rings is 1. The van der Waals surface area contributed by atoms with E-state index in [4.69, 9.17) is 14.3 Å². The van der Waals surface area contributed by atoms with Crippen LogP contribution in [0.1, 0.15) is 24.3 Å². The Morgan fingerprint density at radius 2 is 2.13 bits per heavy atom. The lowest BCUT2D eigenvalue weighted by Crippen LogP contribution is -2.48. The second kappa shape index (κ2) is 10.6. The van der Waals surface area contributed by atoms with Gasteiger partial charge >= 0.3 is 0 Å². The summed E-state index contributed by atoms with van der Waals surface area (Å²) in [5.74, 6) is 1.61. The van der Waals surface area contributed by atoms with Gasteiger partial charge in [-0.05, 0) is 6.92 Å². The van der Waals surface area contributed by atoms with Crippen molar-refractivity contribution in [3.05, 3.63) is 60.0 Å². The van der Waals surface area contributed by atoms with Gasteiger partial charge in [-0.1, -0.05) is 35.5 Å². The Balaban J connectivity index is 0.00000256. The van der Waals surface area contributed by atoms with E-state index in [1.54, 1.807) is 4.68 Å². The third-order valence-corrected chi connectivity index (χ3v) is 4.81. The minimum absolute atomic E-state index is 0. The molecule has 1 aromatic carbocycles. The fraction of sp³-hybridized carbons (Fsp3) is 0.381. The first kappa shape index (κ1) is 22.3. The molecule has 3 heterocycles. The van der Waals surface area contributed by atoms with Gasteiger partial charge < -0.3 is 19.5 Å². The summed E-state index contributed by atoms with van der Waals surface area (Å²) in [5.41, 5.74) is 2.89. The molecule has 0 radical (unpaired) electrons. The molecule has 1 atom stereocenters. The quantitative estimate of drug-likeness (QED) is 0.315. The summed E-state index contributed by atoms with van der Waals surface area (Å²) in [7, 11) is 1.91. The predicted molar refractivity (Wildman–Crippen MR) is 126 cm³/mol. The zero-order chi connectivity index (χ0) is 20.1. The first-order valence-corrected chi connectivity index (χ1v) is 9.87. The first-order valence-electron chi connectivity index (χ1n) is 9.87. The number of halogens is 1. The van der Waals surface area contributed by atoms with Crippen molar-refractivity contribution >= 4 is 29.9 Å². The van der Waals surface area contributed by atoms with Crippen LogP contribution in [-0.2, 0) is 18.3 Å². The van der Waals surface area contributed by atoms with E-state index >= 15 is 0 Å². The van der Waals surface area contributed by atoms with Gasteiger partial charge in [-0.25, -0.2) is 4.99 Å². The van der Waals surface area contributed by atoms with Crippen molar-refractivity contribution in [1.29, 1.82) is 0 Å². The maximum atomic E-state index is 5.95. The first-order chi connectivity index (χ1) is 14.2.